The number of aromatic nitrogens is 1. The lowest BCUT2D eigenvalue weighted by Gasteiger charge is -2.44. The first-order chi connectivity index (χ1) is 19.3. The fourth-order valence-corrected chi connectivity index (χ4v) is 6.00. The fraction of sp³-hybridized carbons (Fsp3) is 0.387. The highest BCUT2D eigenvalue weighted by Crippen LogP contribution is 2.39. The van der Waals surface area contributed by atoms with Gasteiger partial charge in [0.2, 0.25) is 0 Å². The van der Waals surface area contributed by atoms with E-state index in [1.807, 2.05) is 34.9 Å². The number of thiocarbonyl (C=S) groups is 1. The molecular weight excluding hydrogens is 522 g/mol. The first kappa shape index (κ1) is 27.9. The standard InChI is InChI=1S/C31H37N5O3S/c1-20-8-10-25(14-21(20)2)33-31(40)34-26-16-23(30(38)32-12-5-13-39-3)9-11-28(26)35-17-22-15-24(19-35)27-6-4-7-29(37)36(27)18-22/h4,6-11,14,16,22,24H,5,12-13,15,17-19H2,1-3H3,(H,32,38)(H2,33,34,40). The molecule has 2 aromatic carbocycles. The van der Waals surface area contributed by atoms with Gasteiger partial charge in [0.25, 0.3) is 11.5 Å². The van der Waals surface area contributed by atoms with Crippen LogP contribution in [0.5, 0.6) is 0 Å². The summed E-state index contributed by atoms with van der Waals surface area (Å²) in [7, 11) is 1.65. The monoisotopic (exact) mass is 559 g/mol. The van der Waals surface area contributed by atoms with Crippen LogP contribution in [0.3, 0.4) is 0 Å². The van der Waals surface area contributed by atoms with Crippen molar-refractivity contribution in [2.45, 2.75) is 39.2 Å². The smallest absolute Gasteiger partial charge is 0.251 e. The van der Waals surface area contributed by atoms with Crippen molar-refractivity contribution in [3.63, 3.8) is 0 Å². The van der Waals surface area contributed by atoms with Gasteiger partial charge in [-0.1, -0.05) is 12.1 Å². The fourth-order valence-electron chi connectivity index (χ4n) is 5.77. The summed E-state index contributed by atoms with van der Waals surface area (Å²) in [6.45, 7) is 7.62. The summed E-state index contributed by atoms with van der Waals surface area (Å²) in [5.41, 5.74) is 6.80. The number of rotatable bonds is 8. The summed E-state index contributed by atoms with van der Waals surface area (Å²) in [6, 6.07) is 17.5. The molecule has 2 unspecified atom stereocenters. The highest BCUT2D eigenvalue weighted by molar-refractivity contribution is 7.80. The Morgan fingerprint density at radius 3 is 2.67 bits per heavy atom. The number of nitrogens with zero attached hydrogens (tertiary/aromatic N) is 2. The third kappa shape index (κ3) is 6.21. The molecule has 1 aromatic heterocycles. The minimum atomic E-state index is -0.137. The Hall–Kier alpha value is -3.69. The van der Waals surface area contributed by atoms with Crippen LogP contribution >= 0.6 is 12.2 Å². The number of ether oxygens (including phenoxy) is 1. The number of nitrogens with one attached hydrogen (secondary N) is 3. The van der Waals surface area contributed by atoms with Gasteiger partial charge in [-0.15, -0.1) is 0 Å². The SMILES string of the molecule is COCCCNC(=O)c1ccc(N2CC3CC(C2)c2cccc(=O)n2C3)c(NC(=S)Nc2ccc(C)c(C)c2)c1. The van der Waals surface area contributed by atoms with Gasteiger partial charge in [0.1, 0.15) is 0 Å². The number of hydrogen-bond acceptors (Lipinski definition) is 5. The Balaban J connectivity index is 1.40. The van der Waals surface area contributed by atoms with Gasteiger partial charge in [-0.25, -0.2) is 0 Å². The average Bonchev–Trinajstić information content (AvgIpc) is 2.93. The summed E-state index contributed by atoms with van der Waals surface area (Å²) >= 11 is 5.72. The number of hydrogen-bond donors (Lipinski definition) is 3. The molecule has 2 aliphatic heterocycles. The van der Waals surface area contributed by atoms with Gasteiger partial charge in [-0.3, -0.25) is 9.59 Å². The minimum Gasteiger partial charge on any atom is -0.385 e. The second-order valence-corrected chi connectivity index (χ2v) is 11.2. The molecule has 0 radical (unpaired) electrons. The van der Waals surface area contributed by atoms with Gasteiger partial charge in [-0.05, 0) is 92.4 Å². The van der Waals surface area contributed by atoms with Crippen LogP contribution in [0.2, 0.25) is 0 Å². The minimum absolute atomic E-state index is 0.0756. The van der Waals surface area contributed by atoms with E-state index >= 15 is 0 Å². The third-order valence-electron chi connectivity index (χ3n) is 7.90. The molecule has 3 N–H and O–H groups in total. The third-order valence-corrected chi connectivity index (χ3v) is 8.11. The molecular formula is C31H37N5O3S. The van der Waals surface area contributed by atoms with Crippen LogP contribution in [0, 0.1) is 19.8 Å². The number of aryl methyl sites for hydroxylation is 2. The van der Waals surface area contributed by atoms with Crippen LogP contribution in [0.4, 0.5) is 17.1 Å². The first-order valence-corrected chi connectivity index (χ1v) is 14.2. The van der Waals surface area contributed by atoms with E-state index in [0.717, 1.165) is 55.2 Å². The lowest BCUT2D eigenvalue weighted by molar-refractivity contribution is 0.0948. The maximum absolute atomic E-state index is 12.9. The molecule has 2 bridgehead atoms. The summed E-state index contributed by atoms with van der Waals surface area (Å²) in [5.74, 6) is 0.491. The highest BCUT2D eigenvalue weighted by Gasteiger charge is 2.35. The summed E-state index contributed by atoms with van der Waals surface area (Å²) in [4.78, 5) is 27.8. The Kier molecular flexibility index (Phi) is 8.52. The molecule has 9 heteroatoms. The normalized spacial score (nSPS) is 17.6. The van der Waals surface area contributed by atoms with Crippen LogP contribution in [-0.2, 0) is 11.3 Å². The van der Waals surface area contributed by atoms with Crippen molar-refractivity contribution in [2.24, 2.45) is 5.92 Å². The van der Waals surface area contributed by atoms with Gasteiger partial charge in [0.05, 0.1) is 11.4 Å². The predicted molar refractivity (Wildman–Crippen MR) is 165 cm³/mol. The zero-order valence-corrected chi connectivity index (χ0v) is 24.1. The second kappa shape index (κ2) is 12.2. The van der Waals surface area contributed by atoms with Crippen LogP contribution in [0.25, 0.3) is 0 Å². The maximum Gasteiger partial charge on any atom is 0.251 e. The predicted octanol–water partition coefficient (Wildman–Crippen LogP) is 4.66. The van der Waals surface area contributed by atoms with E-state index in [1.165, 1.54) is 11.1 Å². The number of methoxy groups -OCH3 is 1. The number of fused-ring (bicyclic) bond motifs is 4. The zero-order chi connectivity index (χ0) is 28.2. The Labute approximate surface area is 240 Å². The molecule has 1 fully saturated rings. The van der Waals surface area contributed by atoms with Crippen molar-refractivity contribution in [2.75, 3.05) is 48.9 Å². The van der Waals surface area contributed by atoms with E-state index in [4.69, 9.17) is 17.0 Å². The van der Waals surface area contributed by atoms with Crippen molar-refractivity contribution >= 4 is 40.3 Å². The van der Waals surface area contributed by atoms with Crippen LogP contribution in [0.15, 0.2) is 59.4 Å². The molecule has 0 aliphatic carbocycles. The van der Waals surface area contributed by atoms with Gasteiger partial charge in [-0.2, -0.15) is 0 Å². The first-order valence-electron chi connectivity index (χ1n) is 13.8. The molecule has 5 rings (SSSR count). The molecule has 3 aromatic rings. The zero-order valence-electron chi connectivity index (χ0n) is 23.3. The number of piperidine rings is 1. The van der Waals surface area contributed by atoms with Crippen LogP contribution in [-0.4, -0.2) is 48.9 Å². The number of carbonyl (C=O) groups excluding carboxylic acids is 1. The average molecular weight is 560 g/mol. The number of carbonyl (C=O) groups is 1. The van der Waals surface area contributed by atoms with Gasteiger partial charge >= 0.3 is 0 Å². The molecule has 8 nitrogen and oxygen atoms in total. The highest BCUT2D eigenvalue weighted by atomic mass is 32.1. The van der Waals surface area contributed by atoms with Crippen molar-refractivity contribution in [1.82, 2.24) is 9.88 Å². The number of anilines is 3. The van der Waals surface area contributed by atoms with Crippen LogP contribution in [0.1, 0.15) is 45.9 Å². The molecule has 40 heavy (non-hydrogen) atoms. The van der Waals surface area contributed by atoms with E-state index in [1.54, 1.807) is 13.2 Å². The largest absolute Gasteiger partial charge is 0.385 e. The van der Waals surface area contributed by atoms with E-state index in [2.05, 4.69) is 52.9 Å². The Morgan fingerprint density at radius 2 is 1.88 bits per heavy atom. The maximum atomic E-state index is 12.9. The second-order valence-electron chi connectivity index (χ2n) is 10.8. The molecule has 1 amide bonds. The van der Waals surface area contributed by atoms with E-state index < -0.39 is 0 Å². The van der Waals surface area contributed by atoms with E-state index in [9.17, 15) is 9.59 Å². The molecule has 0 spiro atoms. The topological polar surface area (TPSA) is 87.6 Å². The number of amides is 1. The number of benzene rings is 2. The van der Waals surface area contributed by atoms with E-state index in [0.29, 0.717) is 29.7 Å². The van der Waals surface area contributed by atoms with Gasteiger partial charge < -0.3 is 30.2 Å². The van der Waals surface area contributed by atoms with Crippen LogP contribution < -0.4 is 26.4 Å². The van der Waals surface area contributed by atoms with Crippen molar-refractivity contribution in [1.29, 1.82) is 0 Å². The molecule has 2 aliphatic rings. The van der Waals surface area contributed by atoms with Crippen molar-refractivity contribution in [3.8, 4) is 0 Å². The molecule has 3 heterocycles. The summed E-state index contributed by atoms with van der Waals surface area (Å²) in [6.07, 6.45) is 1.81. The van der Waals surface area contributed by atoms with Gasteiger partial charge in [0, 0.05) is 68.8 Å². The number of pyridine rings is 1. The Bertz CT molecular complexity index is 1470. The molecule has 210 valence electrons. The molecule has 2 atom stereocenters. The van der Waals surface area contributed by atoms with Gasteiger partial charge in [0.15, 0.2) is 5.11 Å². The quantitative estimate of drug-likeness (QED) is 0.273. The summed E-state index contributed by atoms with van der Waals surface area (Å²) < 4.78 is 7.03. The lowest BCUT2D eigenvalue weighted by Crippen LogP contribution is -2.47. The Morgan fingerprint density at radius 1 is 1.02 bits per heavy atom. The lowest BCUT2D eigenvalue weighted by atomic mass is 9.83. The van der Waals surface area contributed by atoms with E-state index in [-0.39, 0.29) is 17.4 Å². The molecule has 0 saturated carbocycles. The van der Waals surface area contributed by atoms with Crippen molar-refractivity contribution < 1.29 is 9.53 Å². The van der Waals surface area contributed by atoms with Crippen molar-refractivity contribution in [3.05, 3.63) is 87.3 Å². The molecule has 1 saturated heterocycles. The summed E-state index contributed by atoms with van der Waals surface area (Å²) in [5, 5.41) is 10.1.